The Kier molecular flexibility index (Phi) is 4.87. The number of benzene rings is 1. The summed E-state index contributed by atoms with van der Waals surface area (Å²) in [6.07, 6.45) is 2.43. The zero-order valence-corrected chi connectivity index (χ0v) is 12.0. The summed E-state index contributed by atoms with van der Waals surface area (Å²) < 4.78 is 40.0. The van der Waals surface area contributed by atoms with E-state index in [0.29, 0.717) is 18.5 Å². The van der Waals surface area contributed by atoms with Gasteiger partial charge in [0.15, 0.2) is 5.82 Å². The predicted molar refractivity (Wildman–Crippen MR) is 76.9 cm³/mol. The molecule has 0 atom stereocenters. The lowest BCUT2D eigenvalue weighted by molar-refractivity contribution is 0.288. The van der Waals surface area contributed by atoms with Gasteiger partial charge in [0.2, 0.25) is 5.03 Å². The Morgan fingerprint density at radius 3 is 2.76 bits per heavy atom. The highest BCUT2D eigenvalue weighted by Crippen LogP contribution is 2.18. The van der Waals surface area contributed by atoms with E-state index in [1.807, 2.05) is 6.07 Å². The molecular weight excluding hydrogens is 295 g/mol. The summed E-state index contributed by atoms with van der Waals surface area (Å²) in [6, 6.07) is 9.10. The number of halogens is 1. The Balaban J connectivity index is 2.23. The Morgan fingerprint density at radius 1 is 1.24 bits per heavy atom. The number of pyridine rings is 1. The predicted octanol–water partition coefficient (Wildman–Crippen LogP) is 1.95. The van der Waals surface area contributed by atoms with Crippen molar-refractivity contribution < 1.29 is 17.9 Å². The molecular formula is C14H15FN2O3S. The van der Waals surface area contributed by atoms with E-state index in [-0.39, 0.29) is 6.61 Å². The van der Waals surface area contributed by atoms with Crippen LogP contribution in [0, 0.1) is 5.82 Å². The average molecular weight is 310 g/mol. The van der Waals surface area contributed by atoms with Crippen molar-refractivity contribution >= 4 is 15.7 Å². The van der Waals surface area contributed by atoms with Crippen LogP contribution in [-0.4, -0.2) is 25.1 Å². The fraction of sp³-hybridized carbons (Fsp3) is 0.214. The molecule has 1 heterocycles. The summed E-state index contributed by atoms with van der Waals surface area (Å²) >= 11 is 0. The Morgan fingerprint density at radius 2 is 2.05 bits per heavy atom. The fourth-order valence-electron chi connectivity index (χ4n) is 1.85. The zero-order chi connectivity index (χ0) is 15.3. The van der Waals surface area contributed by atoms with Crippen molar-refractivity contribution in [2.24, 2.45) is 0 Å². The molecule has 0 aliphatic carbocycles. The smallest absolute Gasteiger partial charge is 0.282 e. The Bertz CT molecular complexity index is 720. The van der Waals surface area contributed by atoms with Crippen LogP contribution in [0.3, 0.4) is 0 Å². The number of sulfonamides is 1. The molecule has 2 aromatic rings. The number of nitrogens with one attached hydrogen (secondary N) is 1. The highest BCUT2D eigenvalue weighted by atomic mass is 32.2. The van der Waals surface area contributed by atoms with Gasteiger partial charge in [-0.05, 0) is 42.7 Å². The Hall–Kier alpha value is -1.99. The zero-order valence-electron chi connectivity index (χ0n) is 11.2. The molecule has 2 rings (SSSR count). The normalized spacial score (nSPS) is 11.3. The third-order valence-corrected chi connectivity index (χ3v) is 4.10. The second kappa shape index (κ2) is 6.64. The van der Waals surface area contributed by atoms with Crippen LogP contribution >= 0.6 is 0 Å². The summed E-state index contributed by atoms with van der Waals surface area (Å²) in [5.41, 5.74) is 1.21. The van der Waals surface area contributed by atoms with Crippen molar-refractivity contribution in [3.63, 3.8) is 0 Å². The maximum atomic E-state index is 13.5. The minimum Gasteiger partial charge on any atom is -0.396 e. The van der Waals surface area contributed by atoms with Crippen LogP contribution < -0.4 is 4.72 Å². The van der Waals surface area contributed by atoms with Crippen LogP contribution in [0.15, 0.2) is 47.6 Å². The third-order valence-electron chi connectivity index (χ3n) is 2.78. The molecule has 0 bridgehead atoms. The largest absolute Gasteiger partial charge is 0.396 e. The first-order valence-corrected chi connectivity index (χ1v) is 7.84. The second-order valence-electron chi connectivity index (χ2n) is 4.42. The number of aryl methyl sites for hydroxylation is 1. The van der Waals surface area contributed by atoms with Crippen molar-refractivity contribution in [3.8, 4) is 0 Å². The molecule has 21 heavy (non-hydrogen) atoms. The quantitative estimate of drug-likeness (QED) is 0.854. The molecule has 0 amide bonds. The molecule has 0 spiro atoms. The number of aliphatic hydroxyl groups is 1. The first-order valence-electron chi connectivity index (χ1n) is 6.36. The summed E-state index contributed by atoms with van der Waals surface area (Å²) in [4.78, 5) is 3.56. The van der Waals surface area contributed by atoms with Gasteiger partial charge in [-0.2, -0.15) is 8.42 Å². The van der Waals surface area contributed by atoms with Gasteiger partial charge in [0.25, 0.3) is 10.0 Å². The highest BCUT2D eigenvalue weighted by Gasteiger charge is 2.20. The minimum absolute atomic E-state index is 0.0646. The van der Waals surface area contributed by atoms with Crippen LogP contribution in [0.4, 0.5) is 10.1 Å². The van der Waals surface area contributed by atoms with Crippen molar-refractivity contribution in [1.82, 2.24) is 4.98 Å². The molecule has 112 valence electrons. The van der Waals surface area contributed by atoms with E-state index in [2.05, 4.69) is 9.71 Å². The van der Waals surface area contributed by atoms with Crippen molar-refractivity contribution in [3.05, 3.63) is 54.0 Å². The average Bonchev–Trinajstić information content (AvgIpc) is 2.45. The number of rotatable bonds is 6. The minimum atomic E-state index is -4.07. The molecule has 0 saturated carbocycles. The molecule has 0 aliphatic heterocycles. The molecule has 7 heteroatoms. The third kappa shape index (κ3) is 3.99. The molecule has 1 aromatic heterocycles. The van der Waals surface area contributed by atoms with Gasteiger partial charge in [-0.25, -0.2) is 9.37 Å². The fourth-order valence-corrected chi connectivity index (χ4v) is 2.90. The van der Waals surface area contributed by atoms with Gasteiger partial charge in [0, 0.05) is 18.5 Å². The number of aromatic nitrogens is 1. The van der Waals surface area contributed by atoms with E-state index in [9.17, 15) is 12.8 Å². The maximum absolute atomic E-state index is 13.5. The van der Waals surface area contributed by atoms with E-state index in [4.69, 9.17) is 5.11 Å². The van der Waals surface area contributed by atoms with Gasteiger partial charge in [-0.15, -0.1) is 0 Å². The molecule has 0 radical (unpaired) electrons. The number of hydrogen-bond donors (Lipinski definition) is 2. The number of aliphatic hydroxyl groups excluding tert-OH is 1. The molecule has 0 aliphatic rings. The van der Waals surface area contributed by atoms with Crippen LogP contribution in [0.25, 0.3) is 0 Å². The standard InChI is InChI=1S/C14H15FN2O3S/c15-13-7-2-8-16-14(13)21(19,20)17-12-6-1-4-11(10-12)5-3-9-18/h1-2,4,6-8,10,17-18H,3,5,9H2. The van der Waals surface area contributed by atoms with Crippen LogP contribution in [-0.2, 0) is 16.4 Å². The SMILES string of the molecule is O=S(=O)(Nc1cccc(CCCO)c1)c1ncccc1F. The lowest BCUT2D eigenvalue weighted by Crippen LogP contribution is -2.16. The summed E-state index contributed by atoms with van der Waals surface area (Å²) in [5, 5.41) is 8.17. The first kappa shape index (κ1) is 15.4. The first-order chi connectivity index (χ1) is 10.0. The van der Waals surface area contributed by atoms with Crippen LogP contribution in [0.2, 0.25) is 0 Å². The summed E-state index contributed by atoms with van der Waals surface area (Å²) in [7, 11) is -4.07. The van der Waals surface area contributed by atoms with Crippen LogP contribution in [0.5, 0.6) is 0 Å². The summed E-state index contributed by atoms with van der Waals surface area (Å²) in [5.74, 6) is -0.901. The summed E-state index contributed by atoms with van der Waals surface area (Å²) in [6.45, 7) is 0.0646. The lowest BCUT2D eigenvalue weighted by atomic mass is 10.1. The van der Waals surface area contributed by atoms with Gasteiger partial charge < -0.3 is 5.11 Å². The highest BCUT2D eigenvalue weighted by molar-refractivity contribution is 7.92. The van der Waals surface area contributed by atoms with E-state index in [1.165, 1.54) is 12.3 Å². The molecule has 0 saturated heterocycles. The van der Waals surface area contributed by atoms with Crippen molar-refractivity contribution in [2.75, 3.05) is 11.3 Å². The second-order valence-corrected chi connectivity index (χ2v) is 6.02. The molecule has 5 nitrogen and oxygen atoms in total. The van der Waals surface area contributed by atoms with E-state index in [0.717, 1.165) is 11.6 Å². The maximum Gasteiger partial charge on any atom is 0.282 e. The molecule has 0 unspecified atom stereocenters. The van der Waals surface area contributed by atoms with Gasteiger partial charge in [-0.1, -0.05) is 12.1 Å². The molecule has 0 fully saturated rings. The van der Waals surface area contributed by atoms with Gasteiger partial charge in [0.05, 0.1) is 0 Å². The molecule has 2 N–H and O–H groups in total. The number of anilines is 1. The van der Waals surface area contributed by atoms with Gasteiger partial charge in [0.1, 0.15) is 0 Å². The monoisotopic (exact) mass is 310 g/mol. The molecule has 1 aromatic carbocycles. The number of hydrogen-bond acceptors (Lipinski definition) is 4. The van der Waals surface area contributed by atoms with Crippen LogP contribution in [0.1, 0.15) is 12.0 Å². The van der Waals surface area contributed by atoms with E-state index < -0.39 is 20.9 Å². The van der Waals surface area contributed by atoms with Gasteiger partial charge >= 0.3 is 0 Å². The van der Waals surface area contributed by atoms with E-state index >= 15 is 0 Å². The van der Waals surface area contributed by atoms with E-state index in [1.54, 1.807) is 18.2 Å². The Labute approximate surface area is 122 Å². The van der Waals surface area contributed by atoms with Crippen molar-refractivity contribution in [1.29, 1.82) is 0 Å². The van der Waals surface area contributed by atoms with Crippen molar-refractivity contribution in [2.45, 2.75) is 17.9 Å². The number of nitrogens with zero attached hydrogens (tertiary/aromatic N) is 1. The lowest BCUT2D eigenvalue weighted by Gasteiger charge is -2.09. The topological polar surface area (TPSA) is 79.3 Å². The van der Waals surface area contributed by atoms with Gasteiger partial charge in [-0.3, -0.25) is 4.72 Å².